The van der Waals surface area contributed by atoms with E-state index in [4.69, 9.17) is 5.73 Å². The molecular weight excluding hydrogens is 452 g/mol. The minimum Gasteiger partial charge on any atom is -0.368 e. The van der Waals surface area contributed by atoms with Gasteiger partial charge in [0.25, 0.3) is 17.7 Å². The van der Waals surface area contributed by atoms with Crippen LogP contribution >= 0.6 is 11.3 Å². The summed E-state index contributed by atoms with van der Waals surface area (Å²) in [6, 6.07) is 15.7. The van der Waals surface area contributed by atoms with Gasteiger partial charge in [-0.1, -0.05) is 38.1 Å². The third kappa shape index (κ3) is 6.52. The van der Waals surface area contributed by atoms with Gasteiger partial charge in [0, 0.05) is 17.7 Å². The Kier molecular flexibility index (Phi) is 8.15. The predicted molar refractivity (Wildman–Crippen MR) is 132 cm³/mol. The highest BCUT2D eigenvalue weighted by Gasteiger charge is 2.16. The molecule has 0 atom stereocenters. The molecule has 0 fully saturated rings. The predicted octanol–water partition coefficient (Wildman–Crippen LogP) is 3.27. The second-order valence-corrected chi connectivity index (χ2v) is 8.84. The topological polar surface area (TPSA) is 130 Å². The number of anilines is 1. The summed E-state index contributed by atoms with van der Waals surface area (Å²) in [5.41, 5.74) is 8.21. The van der Waals surface area contributed by atoms with Crippen LogP contribution in [0.15, 0.2) is 60.0 Å². The first-order valence-electron chi connectivity index (χ1n) is 10.7. The van der Waals surface area contributed by atoms with Crippen LogP contribution in [0.2, 0.25) is 0 Å². The number of rotatable bonds is 9. The molecule has 34 heavy (non-hydrogen) atoms. The zero-order valence-corrected chi connectivity index (χ0v) is 19.7. The van der Waals surface area contributed by atoms with Gasteiger partial charge in [-0.25, -0.2) is 0 Å². The van der Waals surface area contributed by atoms with Crippen molar-refractivity contribution in [2.45, 2.75) is 26.3 Å². The molecule has 0 aliphatic heterocycles. The quantitative estimate of drug-likeness (QED) is 0.376. The maximum atomic E-state index is 12.7. The zero-order chi connectivity index (χ0) is 24.7. The van der Waals surface area contributed by atoms with Gasteiger partial charge in [-0.15, -0.1) is 11.3 Å². The third-order valence-corrected chi connectivity index (χ3v) is 5.90. The standard InChI is InChI=1S/C25H26N4O4S/c1-15(2)17-7-9-19(10-8-17)23(32)29-25-20(11-12-34-25)24(33)27-13-16-3-5-18(6-4-16)22(31)28-14-21(26)30/h3-12,15H,13-14H2,1-2H3,(H2,26,30)(H,27,33)(H,28,31)(H,29,32). The molecule has 1 heterocycles. The number of hydrogen-bond donors (Lipinski definition) is 4. The summed E-state index contributed by atoms with van der Waals surface area (Å²) in [4.78, 5) is 48.0. The Morgan fingerprint density at radius 1 is 0.824 bits per heavy atom. The number of nitrogens with two attached hydrogens (primary N) is 1. The van der Waals surface area contributed by atoms with E-state index in [1.807, 2.05) is 12.1 Å². The van der Waals surface area contributed by atoms with E-state index in [-0.39, 0.29) is 24.9 Å². The van der Waals surface area contributed by atoms with Crippen LogP contribution in [0.5, 0.6) is 0 Å². The van der Waals surface area contributed by atoms with Gasteiger partial charge in [0.05, 0.1) is 12.1 Å². The van der Waals surface area contributed by atoms with Gasteiger partial charge in [0.1, 0.15) is 5.00 Å². The Labute approximate surface area is 201 Å². The molecule has 3 aromatic rings. The fraction of sp³-hybridized carbons (Fsp3) is 0.200. The van der Waals surface area contributed by atoms with Crippen LogP contribution in [-0.4, -0.2) is 30.2 Å². The molecule has 0 aliphatic rings. The van der Waals surface area contributed by atoms with Gasteiger partial charge in [0.2, 0.25) is 5.91 Å². The SMILES string of the molecule is CC(C)c1ccc(C(=O)Nc2sccc2C(=O)NCc2ccc(C(=O)NCC(N)=O)cc2)cc1. The number of hydrogen-bond acceptors (Lipinski definition) is 5. The van der Waals surface area contributed by atoms with Crippen LogP contribution < -0.4 is 21.7 Å². The molecule has 3 rings (SSSR count). The van der Waals surface area contributed by atoms with Gasteiger partial charge in [-0.05, 0) is 52.8 Å². The van der Waals surface area contributed by atoms with Crippen molar-refractivity contribution in [1.29, 1.82) is 0 Å². The van der Waals surface area contributed by atoms with Crippen LogP contribution in [0.3, 0.4) is 0 Å². The highest BCUT2D eigenvalue weighted by Crippen LogP contribution is 2.24. The Morgan fingerprint density at radius 3 is 2.06 bits per heavy atom. The monoisotopic (exact) mass is 478 g/mol. The minimum absolute atomic E-state index is 0.237. The normalized spacial score (nSPS) is 10.6. The summed E-state index contributed by atoms with van der Waals surface area (Å²) < 4.78 is 0. The molecule has 176 valence electrons. The fourth-order valence-electron chi connectivity index (χ4n) is 3.10. The number of carbonyl (C=O) groups excluding carboxylic acids is 4. The van der Waals surface area contributed by atoms with E-state index in [1.165, 1.54) is 11.3 Å². The molecule has 5 N–H and O–H groups in total. The van der Waals surface area contributed by atoms with Crippen molar-refractivity contribution in [2.24, 2.45) is 5.73 Å². The van der Waals surface area contributed by atoms with Crippen molar-refractivity contribution in [3.05, 3.63) is 87.8 Å². The van der Waals surface area contributed by atoms with Crippen molar-refractivity contribution in [2.75, 3.05) is 11.9 Å². The van der Waals surface area contributed by atoms with Gasteiger partial charge in [-0.2, -0.15) is 0 Å². The number of nitrogens with one attached hydrogen (secondary N) is 3. The highest BCUT2D eigenvalue weighted by molar-refractivity contribution is 7.14. The molecule has 0 saturated carbocycles. The number of benzene rings is 2. The van der Waals surface area contributed by atoms with Crippen LogP contribution in [0.1, 0.15) is 62.0 Å². The summed E-state index contributed by atoms with van der Waals surface area (Å²) in [6.07, 6.45) is 0. The van der Waals surface area contributed by atoms with Crippen molar-refractivity contribution in [1.82, 2.24) is 10.6 Å². The third-order valence-electron chi connectivity index (χ3n) is 5.07. The molecule has 0 unspecified atom stereocenters. The van der Waals surface area contributed by atoms with E-state index < -0.39 is 11.8 Å². The lowest BCUT2D eigenvalue weighted by Crippen LogP contribution is -2.33. The van der Waals surface area contributed by atoms with Crippen LogP contribution in [0, 0.1) is 0 Å². The Hall–Kier alpha value is -3.98. The summed E-state index contributed by atoms with van der Waals surface area (Å²) >= 11 is 1.27. The van der Waals surface area contributed by atoms with Gasteiger partial charge >= 0.3 is 0 Å². The molecule has 2 aromatic carbocycles. The molecular formula is C25H26N4O4S. The highest BCUT2D eigenvalue weighted by atomic mass is 32.1. The largest absolute Gasteiger partial charge is 0.368 e. The molecule has 0 radical (unpaired) electrons. The minimum atomic E-state index is -0.624. The summed E-state index contributed by atoms with van der Waals surface area (Å²) in [5.74, 6) is -1.26. The second-order valence-electron chi connectivity index (χ2n) is 7.92. The van der Waals surface area contributed by atoms with Gasteiger partial charge in [-0.3, -0.25) is 19.2 Å². The van der Waals surface area contributed by atoms with Crippen molar-refractivity contribution >= 4 is 40.0 Å². The second kappa shape index (κ2) is 11.2. The summed E-state index contributed by atoms with van der Waals surface area (Å²) in [5, 5.41) is 10.3. The number of carbonyl (C=O) groups is 4. The molecule has 0 spiro atoms. The molecule has 0 saturated heterocycles. The smallest absolute Gasteiger partial charge is 0.256 e. The Balaban J connectivity index is 1.57. The first-order chi connectivity index (χ1) is 16.2. The fourth-order valence-corrected chi connectivity index (χ4v) is 3.88. The molecule has 0 aliphatic carbocycles. The first-order valence-corrected chi connectivity index (χ1v) is 11.5. The van der Waals surface area contributed by atoms with Gasteiger partial charge < -0.3 is 21.7 Å². The van der Waals surface area contributed by atoms with E-state index in [1.54, 1.807) is 47.8 Å². The van der Waals surface area contributed by atoms with Crippen molar-refractivity contribution < 1.29 is 19.2 Å². The van der Waals surface area contributed by atoms with Gasteiger partial charge in [0.15, 0.2) is 0 Å². The van der Waals surface area contributed by atoms with Crippen LogP contribution in [0.4, 0.5) is 5.00 Å². The van der Waals surface area contributed by atoms with E-state index in [9.17, 15) is 19.2 Å². The maximum absolute atomic E-state index is 12.7. The molecule has 4 amide bonds. The van der Waals surface area contributed by atoms with Crippen molar-refractivity contribution in [3.63, 3.8) is 0 Å². The Bertz CT molecular complexity index is 1180. The van der Waals surface area contributed by atoms with Crippen molar-refractivity contribution in [3.8, 4) is 0 Å². The molecule has 0 bridgehead atoms. The summed E-state index contributed by atoms with van der Waals surface area (Å²) in [6.45, 7) is 4.17. The van der Waals surface area contributed by atoms with E-state index in [2.05, 4.69) is 29.8 Å². The molecule has 9 heteroatoms. The summed E-state index contributed by atoms with van der Waals surface area (Å²) in [7, 11) is 0. The lowest BCUT2D eigenvalue weighted by Gasteiger charge is -2.10. The Morgan fingerprint density at radius 2 is 1.44 bits per heavy atom. The first kappa shape index (κ1) is 24.7. The number of amides is 4. The van der Waals surface area contributed by atoms with E-state index in [0.29, 0.717) is 27.6 Å². The van der Waals surface area contributed by atoms with E-state index in [0.717, 1.165) is 11.1 Å². The van der Waals surface area contributed by atoms with Crippen LogP contribution in [-0.2, 0) is 11.3 Å². The zero-order valence-electron chi connectivity index (χ0n) is 18.9. The number of primary amides is 1. The average molecular weight is 479 g/mol. The maximum Gasteiger partial charge on any atom is 0.256 e. The molecule has 8 nitrogen and oxygen atoms in total. The van der Waals surface area contributed by atoms with E-state index >= 15 is 0 Å². The average Bonchev–Trinajstić information content (AvgIpc) is 3.29. The van der Waals surface area contributed by atoms with Crippen LogP contribution in [0.25, 0.3) is 0 Å². The lowest BCUT2D eigenvalue weighted by atomic mass is 10.0. The molecule has 1 aromatic heterocycles. The lowest BCUT2D eigenvalue weighted by molar-refractivity contribution is -0.117. The number of thiophene rings is 1.